The molecule has 2 aromatic rings. The minimum Gasteiger partial charge on any atom is -0.508 e. The number of carboxylic acid groups (broad SMARTS) is 1. The number of aliphatic carboxylic acids is 1. The van der Waals surface area contributed by atoms with Gasteiger partial charge in [-0.2, -0.15) is 0 Å². The molecule has 9 amide bonds. The van der Waals surface area contributed by atoms with Crippen LogP contribution in [-0.4, -0.2) is 177 Å². The lowest BCUT2D eigenvalue weighted by Crippen LogP contribution is -2.60. The zero-order valence-corrected chi connectivity index (χ0v) is 43.9. The molecule has 0 aliphatic carbocycles. The Morgan fingerprint density at radius 1 is 0.840 bits per heavy atom. The highest BCUT2D eigenvalue weighted by atomic mass is 35.5. The van der Waals surface area contributed by atoms with E-state index in [0.29, 0.717) is 11.1 Å². The lowest BCUT2D eigenvalue weighted by atomic mass is 10.0. The van der Waals surface area contributed by atoms with E-state index in [2.05, 4.69) is 42.5 Å². The Labute approximate surface area is 445 Å². The van der Waals surface area contributed by atoms with E-state index in [1.54, 1.807) is 13.8 Å². The standard InChI is InChI=1S/C47H66ClN11O14S2/c1-23(2)14-31-44(70)57-34(41(67)51-3)21-74-75-22-35(58-43(69)30(9-11-39(64)65)54-45(71)33(55-40(66)29(50)12-13-49)16-24-4-7-26(60)8-5-24)47(73)59-20-27(61)18-36(59)46(72)56-32(42(68)52-19-38(63)53-31)17-25-6-10-37(62)28(48)15-25/h4-8,10,15,23,27,29-36,60-62H,9,11-14,16-22,49-50H2,1-3H3,(H,51,67)(H,52,68)(H,53,63)(H,54,71)(H,55,66)(H,56,72)(H,57,70)(H,58,69)(H,64,65)/t27-,29+,30?,31+,32+,33+,34+,35?,36?/m1/s1. The van der Waals surface area contributed by atoms with Gasteiger partial charge in [0, 0.05) is 50.8 Å². The number of benzene rings is 2. The molecule has 25 nitrogen and oxygen atoms in total. The summed E-state index contributed by atoms with van der Waals surface area (Å²) in [5.41, 5.74) is 12.4. The number of hydrogen-bond acceptors (Lipinski definition) is 17. The van der Waals surface area contributed by atoms with Gasteiger partial charge < -0.3 is 79.3 Å². The third-order valence-electron chi connectivity index (χ3n) is 11.9. The highest BCUT2D eigenvalue weighted by molar-refractivity contribution is 8.76. The molecule has 9 atom stereocenters. The van der Waals surface area contributed by atoms with Crippen LogP contribution in [0.5, 0.6) is 11.5 Å². The van der Waals surface area contributed by atoms with Crippen LogP contribution in [-0.2, 0) is 60.8 Å². The Balaban J connectivity index is 1.74. The Morgan fingerprint density at radius 2 is 1.51 bits per heavy atom. The number of aliphatic hydroxyl groups is 1. The van der Waals surface area contributed by atoms with Crippen molar-refractivity contribution in [2.45, 2.75) is 113 Å². The second-order valence-electron chi connectivity index (χ2n) is 18.3. The van der Waals surface area contributed by atoms with Crippen molar-refractivity contribution in [1.29, 1.82) is 0 Å². The summed E-state index contributed by atoms with van der Waals surface area (Å²) in [4.78, 5) is 138. The molecule has 412 valence electrons. The topological polar surface area (TPSA) is 403 Å². The van der Waals surface area contributed by atoms with Crippen LogP contribution in [0.1, 0.15) is 57.1 Å². The number of nitrogens with two attached hydrogens (primary N) is 2. The smallest absolute Gasteiger partial charge is 0.303 e. The van der Waals surface area contributed by atoms with Crippen LogP contribution in [0.25, 0.3) is 0 Å². The number of likely N-dealkylation sites (N-methyl/N-ethyl adjacent to an activating group) is 1. The Hall–Kier alpha value is -6.39. The van der Waals surface area contributed by atoms with Crippen molar-refractivity contribution in [1.82, 2.24) is 47.4 Å². The minimum atomic E-state index is -1.68. The van der Waals surface area contributed by atoms with Gasteiger partial charge in [-0.25, -0.2) is 0 Å². The summed E-state index contributed by atoms with van der Waals surface area (Å²) in [6.07, 6.45) is -3.12. The SMILES string of the molecule is CNC(=O)[C@@H]1CSSCC(NC(=O)C(CCC(=O)O)NC(=O)[C@H](Cc2ccc(O)cc2)NC(=O)[C@@H](N)CCN)C(=O)N2C[C@H](O)CC2C(=O)N[C@@H](Cc2ccc(O)c(Cl)c2)C(=O)NCC(=O)N[C@@H](CC(C)C)C(=O)N1. The third kappa shape index (κ3) is 19.4. The predicted octanol–water partition coefficient (Wildman–Crippen LogP) is -2.75. The maximum atomic E-state index is 14.8. The molecule has 2 saturated heterocycles. The van der Waals surface area contributed by atoms with Crippen molar-refractivity contribution < 1.29 is 68.4 Å². The molecular formula is C47H66ClN11O14S2. The van der Waals surface area contributed by atoms with Gasteiger partial charge >= 0.3 is 5.97 Å². The van der Waals surface area contributed by atoms with E-state index >= 15 is 0 Å². The highest BCUT2D eigenvalue weighted by Crippen LogP contribution is 2.27. The summed E-state index contributed by atoms with van der Waals surface area (Å²) in [7, 11) is 3.28. The van der Waals surface area contributed by atoms with Crippen LogP contribution in [0, 0.1) is 5.92 Å². The maximum absolute atomic E-state index is 14.8. The van der Waals surface area contributed by atoms with Crippen LogP contribution >= 0.6 is 33.2 Å². The summed E-state index contributed by atoms with van der Waals surface area (Å²) in [6.45, 7) is 2.51. The van der Waals surface area contributed by atoms with Gasteiger partial charge in [0.25, 0.3) is 0 Å². The number of nitrogens with one attached hydrogen (secondary N) is 8. The van der Waals surface area contributed by atoms with Crippen molar-refractivity contribution in [3.05, 3.63) is 58.6 Å². The minimum absolute atomic E-state index is 0.0404. The second kappa shape index (κ2) is 29.6. The maximum Gasteiger partial charge on any atom is 0.303 e. The van der Waals surface area contributed by atoms with Crippen LogP contribution < -0.4 is 54.0 Å². The van der Waals surface area contributed by atoms with Crippen LogP contribution in [0.4, 0.5) is 0 Å². The van der Waals surface area contributed by atoms with Gasteiger partial charge in [-0.3, -0.25) is 47.9 Å². The number of amides is 9. The van der Waals surface area contributed by atoms with E-state index in [4.69, 9.17) is 23.1 Å². The molecule has 75 heavy (non-hydrogen) atoms. The molecule has 2 heterocycles. The number of phenols is 2. The summed E-state index contributed by atoms with van der Waals surface area (Å²) in [5, 5.41) is 60.8. The first kappa shape index (κ1) is 61.2. The first-order valence-corrected chi connectivity index (χ1v) is 26.8. The molecule has 3 unspecified atom stereocenters. The van der Waals surface area contributed by atoms with Gasteiger partial charge in [-0.15, -0.1) is 0 Å². The number of carboxylic acids is 1. The largest absolute Gasteiger partial charge is 0.508 e. The number of carbonyl (C=O) groups is 10. The molecule has 16 N–H and O–H groups in total. The van der Waals surface area contributed by atoms with E-state index < -0.39 is 140 Å². The summed E-state index contributed by atoms with van der Waals surface area (Å²) in [5.74, 6) is -10.0. The van der Waals surface area contributed by atoms with Crippen molar-refractivity contribution in [3.63, 3.8) is 0 Å². The van der Waals surface area contributed by atoms with Crippen molar-refractivity contribution >= 4 is 92.3 Å². The number of halogens is 1. The molecule has 4 rings (SSSR count). The number of rotatable bonds is 18. The lowest BCUT2D eigenvalue weighted by Gasteiger charge is -2.31. The zero-order chi connectivity index (χ0) is 55.5. The fraction of sp³-hybridized carbons (Fsp3) is 0.532. The Kier molecular flexibility index (Phi) is 24.2. The third-order valence-corrected chi connectivity index (χ3v) is 14.6. The molecule has 0 radical (unpaired) electrons. The number of aromatic hydroxyl groups is 2. The molecule has 0 aromatic heterocycles. The number of hydrogen-bond donors (Lipinski definition) is 14. The highest BCUT2D eigenvalue weighted by Gasteiger charge is 2.43. The van der Waals surface area contributed by atoms with Crippen molar-refractivity contribution in [3.8, 4) is 11.5 Å². The Morgan fingerprint density at radius 3 is 2.15 bits per heavy atom. The first-order valence-electron chi connectivity index (χ1n) is 24.0. The van der Waals surface area contributed by atoms with E-state index in [0.717, 1.165) is 26.5 Å². The van der Waals surface area contributed by atoms with E-state index in [1.807, 2.05) is 0 Å². The number of aliphatic hydroxyl groups excluding tert-OH is 1. The molecule has 28 heteroatoms. The van der Waals surface area contributed by atoms with Gasteiger partial charge in [0.05, 0.1) is 23.7 Å². The van der Waals surface area contributed by atoms with Gasteiger partial charge in [0.1, 0.15) is 53.8 Å². The average Bonchev–Trinajstić information content (AvgIpc) is 3.76. The average molecular weight is 1110 g/mol. The van der Waals surface area contributed by atoms with E-state index in [-0.39, 0.29) is 72.6 Å². The second-order valence-corrected chi connectivity index (χ2v) is 21.3. The van der Waals surface area contributed by atoms with Gasteiger partial charge in [0.15, 0.2) is 0 Å². The number of fused-ring (bicyclic) bond motifs is 1. The van der Waals surface area contributed by atoms with Crippen LogP contribution in [0.15, 0.2) is 42.5 Å². The fourth-order valence-electron chi connectivity index (χ4n) is 7.92. The number of nitrogens with zero attached hydrogens (tertiary/aromatic N) is 1. The van der Waals surface area contributed by atoms with Gasteiger partial charge in [-0.1, -0.05) is 65.2 Å². The van der Waals surface area contributed by atoms with Crippen molar-refractivity contribution in [2.75, 3.05) is 38.2 Å². The summed E-state index contributed by atoms with van der Waals surface area (Å²) < 4.78 is 0. The predicted molar refractivity (Wildman–Crippen MR) is 276 cm³/mol. The molecule has 2 fully saturated rings. The molecular weight excluding hydrogens is 1040 g/mol. The summed E-state index contributed by atoms with van der Waals surface area (Å²) in [6, 6.07) is -1.49. The first-order chi connectivity index (χ1) is 35.5. The molecule has 2 aliphatic rings. The quantitative estimate of drug-likeness (QED) is 0.0673. The Bertz CT molecular complexity index is 2390. The van der Waals surface area contributed by atoms with Crippen molar-refractivity contribution in [2.24, 2.45) is 17.4 Å². The van der Waals surface area contributed by atoms with Gasteiger partial charge in [0.2, 0.25) is 53.2 Å². The monoisotopic (exact) mass is 1110 g/mol. The molecule has 2 aromatic carbocycles. The molecule has 0 spiro atoms. The lowest BCUT2D eigenvalue weighted by molar-refractivity contribution is -0.142. The number of carbonyl (C=O) groups excluding carboxylic acids is 9. The summed E-state index contributed by atoms with van der Waals surface area (Å²) >= 11 is 6.16. The number of phenolic OH excluding ortho intramolecular Hbond substituents is 2. The molecule has 0 saturated carbocycles. The molecule has 0 bridgehead atoms. The van der Waals surface area contributed by atoms with E-state index in [9.17, 15) is 68.4 Å². The normalized spacial score (nSPS) is 22.5. The van der Waals surface area contributed by atoms with Crippen LogP contribution in [0.3, 0.4) is 0 Å². The van der Waals surface area contributed by atoms with E-state index in [1.165, 1.54) is 49.5 Å². The zero-order valence-electron chi connectivity index (χ0n) is 41.5. The fourth-order valence-corrected chi connectivity index (χ4v) is 10.4. The molecule has 2 aliphatic heterocycles. The van der Waals surface area contributed by atoms with Gasteiger partial charge in [-0.05, 0) is 67.1 Å². The van der Waals surface area contributed by atoms with Crippen LogP contribution in [0.2, 0.25) is 5.02 Å².